The number of carboxylic acid groups (broad SMARTS) is 1. The second kappa shape index (κ2) is 8.19. The van der Waals surface area contributed by atoms with Gasteiger partial charge in [-0.1, -0.05) is 42.5 Å². The van der Waals surface area contributed by atoms with Gasteiger partial charge in [-0.15, -0.1) is 0 Å². The fourth-order valence-corrected chi connectivity index (χ4v) is 2.31. The number of methoxy groups -OCH3 is 1. The van der Waals surface area contributed by atoms with Gasteiger partial charge in [0, 0.05) is 6.42 Å². The van der Waals surface area contributed by atoms with Crippen LogP contribution in [0.15, 0.2) is 54.6 Å². The molecule has 1 amide bonds. The normalized spacial score (nSPS) is 12.7. The molecule has 132 valence electrons. The first kappa shape index (κ1) is 18.3. The fraction of sp³-hybridized carbons (Fsp3) is 0.263. The van der Waals surface area contributed by atoms with Crippen LogP contribution in [0.3, 0.4) is 0 Å². The topological polar surface area (TPSA) is 84.9 Å². The van der Waals surface area contributed by atoms with Crippen molar-refractivity contribution < 1.29 is 24.2 Å². The van der Waals surface area contributed by atoms with Gasteiger partial charge in [0.1, 0.15) is 17.9 Å². The molecule has 1 atom stereocenters. The van der Waals surface area contributed by atoms with E-state index in [2.05, 4.69) is 5.32 Å². The average Bonchev–Trinajstić information content (AvgIpc) is 2.61. The predicted octanol–water partition coefficient (Wildman–Crippen LogP) is 3.01. The summed E-state index contributed by atoms with van der Waals surface area (Å²) >= 11 is 0. The van der Waals surface area contributed by atoms with E-state index in [9.17, 15) is 14.7 Å². The number of hydrogen-bond acceptors (Lipinski definition) is 4. The summed E-state index contributed by atoms with van der Waals surface area (Å²) in [6.45, 7) is 1.52. The number of ether oxygens (including phenoxy) is 2. The third kappa shape index (κ3) is 5.24. The molecule has 0 saturated carbocycles. The molecule has 0 aliphatic carbocycles. The van der Waals surface area contributed by atoms with Gasteiger partial charge in [-0.3, -0.25) is 0 Å². The van der Waals surface area contributed by atoms with Crippen molar-refractivity contribution in [2.75, 3.05) is 7.11 Å². The smallest absolute Gasteiger partial charge is 0.408 e. The van der Waals surface area contributed by atoms with Crippen LogP contribution in [0.1, 0.15) is 18.1 Å². The summed E-state index contributed by atoms with van der Waals surface area (Å²) in [6, 6.07) is 16.2. The number of carbonyl (C=O) groups is 2. The maximum atomic E-state index is 12.0. The number of carbonyl (C=O) groups excluding carboxylic acids is 1. The minimum Gasteiger partial charge on any atom is -0.497 e. The largest absolute Gasteiger partial charge is 0.497 e. The van der Waals surface area contributed by atoms with Crippen molar-refractivity contribution in [3.8, 4) is 5.75 Å². The van der Waals surface area contributed by atoms with Gasteiger partial charge >= 0.3 is 12.1 Å². The molecular weight excluding hydrogens is 322 g/mol. The average molecular weight is 343 g/mol. The zero-order valence-corrected chi connectivity index (χ0v) is 14.2. The van der Waals surface area contributed by atoms with E-state index in [-0.39, 0.29) is 13.0 Å². The molecule has 0 aliphatic rings. The molecule has 2 rings (SSSR count). The van der Waals surface area contributed by atoms with Crippen molar-refractivity contribution in [3.63, 3.8) is 0 Å². The Balaban J connectivity index is 2.00. The lowest BCUT2D eigenvalue weighted by Gasteiger charge is -2.26. The van der Waals surface area contributed by atoms with Crippen molar-refractivity contribution in [1.82, 2.24) is 5.32 Å². The third-order valence-corrected chi connectivity index (χ3v) is 3.78. The summed E-state index contributed by atoms with van der Waals surface area (Å²) in [5, 5.41) is 12.0. The third-order valence-electron chi connectivity index (χ3n) is 3.78. The minimum atomic E-state index is -1.48. The van der Waals surface area contributed by atoms with Crippen LogP contribution in [0, 0.1) is 0 Å². The van der Waals surface area contributed by atoms with Gasteiger partial charge in [0.25, 0.3) is 0 Å². The molecule has 0 saturated heterocycles. The van der Waals surface area contributed by atoms with E-state index in [1.807, 2.05) is 30.3 Å². The molecule has 2 aromatic carbocycles. The first-order chi connectivity index (χ1) is 11.9. The van der Waals surface area contributed by atoms with E-state index in [4.69, 9.17) is 9.47 Å². The molecule has 2 aromatic rings. The van der Waals surface area contributed by atoms with Gasteiger partial charge in [0.15, 0.2) is 0 Å². The van der Waals surface area contributed by atoms with Crippen LogP contribution in [-0.4, -0.2) is 29.8 Å². The molecule has 25 heavy (non-hydrogen) atoms. The van der Waals surface area contributed by atoms with Crippen LogP contribution in [0.25, 0.3) is 0 Å². The van der Waals surface area contributed by atoms with Crippen LogP contribution in [0.5, 0.6) is 5.75 Å². The van der Waals surface area contributed by atoms with Gasteiger partial charge in [0.05, 0.1) is 7.11 Å². The summed E-state index contributed by atoms with van der Waals surface area (Å²) in [5.74, 6) is -0.462. The number of hydrogen-bond donors (Lipinski definition) is 2. The molecule has 0 spiro atoms. The van der Waals surface area contributed by atoms with Gasteiger partial charge < -0.3 is 19.9 Å². The molecule has 6 nitrogen and oxygen atoms in total. The Morgan fingerprint density at radius 2 is 1.68 bits per heavy atom. The maximum absolute atomic E-state index is 12.0. The lowest BCUT2D eigenvalue weighted by molar-refractivity contribution is -0.143. The Morgan fingerprint density at radius 3 is 2.24 bits per heavy atom. The Kier molecular flexibility index (Phi) is 6.00. The molecule has 0 radical (unpaired) electrons. The zero-order chi connectivity index (χ0) is 18.3. The van der Waals surface area contributed by atoms with Crippen molar-refractivity contribution >= 4 is 12.1 Å². The molecule has 0 unspecified atom stereocenters. The van der Waals surface area contributed by atoms with Crippen molar-refractivity contribution in [2.24, 2.45) is 0 Å². The summed E-state index contributed by atoms with van der Waals surface area (Å²) in [7, 11) is 1.56. The minimum absolute atomic E-state index is 0.0743. The Hall–Kier alpha value is -3.02. The van der Waals surface area contributed by atoms with Crippen LogP contribution in [0.2, 0.25) is 0 Å². The first-order valence-electron chi connectivity index (χ1n) is 7.78. The van der Waals surface area contributed by atoms with E-state index < -0.39 is 17.6 Å². The Bertz CT molecular complexity index is 714. The zero-order valence-electron chi connectivity index (χ0n) is 14.2. The lowest BCUT2D eigenvalue weighted by Crippen LogP contribution is -2.53. The van der Waals surface area contributed by atoms with Gasteiger partial charge in [-0.2, -0.15) is 0 Å². The Morgan fingerprint density at radius 1 is 1.04 bits per heavy atom. The maximum Gasteiger partial charge on any atom is 0.408 e. The van der Waals surface area contributed by atoms with Crippen LogP contribution >= 0.6 is 0 Å². The number of amides is 1. The highest BCUT2D eigenvalue weighted by Crippen LogP contribution is 2.18. The number of carboxylic acids is 1. The monoisotopic (exact) mass is 343 g/mol. The molecule has 0 heterocycles. The van der Waals surface area contributed by atoms with E-state index in [0.717, 1.165) is 11.1 Å². The summed E-state index contributed by atoms with van der Waals surface area (Å²) in [5.41, 5.74) is 0.0985. The Labute approximate surface area is 146 Å². The number of benzene rings is 2. The highest BCUT2D eigenvalue weighted by molar-refractivity contribution is 5.84. The molecule has 0 bridgehead atoms. The molecule has 0 fully saturated rings. The van der Waals surface area contributed by atoms with Gasteiger partial charge in [-0.25, -0.2) is 9.59 Å². The quantitative estimate of drug-likeness (QED) is 0.807. The molecule has 0 aromatic heterocycles. The summed E-state index contributed by atoms with van der Waals surface area (Å²) in [4.78, 5) is 23.7. The van der Waals surface area contributed by atoms with Crippen LogP contribution < -0.4 is 10.1 Å². The molecule has 6 heteroatoms. The van der Waals surface area contributed by atoms with Crippen molar-refractivity contribution in [2.45, 2.75) is 25.5 Å². The highest BCUT2D eigenvalue weighted by Gasteiger charge is 2.35. The van der Waals surface area contributed by atoms with Gasteiger partial charge in [0.2, 0.25) is 0 Å². The number of aliphatic carboxylic acids is 1. The molecule has 0 aliphatic heterocycles. The SMILES string of the molecule is COc1ccc(C[C@](C)(NC(=O)OCc2ccccc2)C(=O)O)cc1. The van der Waals surface area contributed by atoms with Gasteiger partial charge in [-0.05, 0) is 30.2 Å². The second-order valence-corrected chi connectivity index (χ2v) is 5.85. The number of rotatable bonds is 7. The first-order valence-corrected chi connectivity index (χ1v) is 7.78. The summed E-state index contributed by atoms with van der Waals surface area (Å²) < 4.78 is 10.2. The summed E-state index contributed by atoms with van der Waals surface area (Å²) in [6.07, 6.45) is -0.658. The van der Waals surface area contributed by atoms with Crippen LogP contribution in [-0.2, 0) is 22.6 Å². The molecular formula is C19H21NO5. The van der Waals surface area contributed by atoms with E-state index in [1.165, 1.54) is 6.92 Å². The predicted molar refractivity (Wildman–Crippen MR) is 92.5 cm³/mol. The molecule has 2 N–H and O–H groups in total. The van der Waals surface area contributed by atoms with Crippen molar-refractivity contribution in [1.29, 1.82) is 0 Å². The fourth-order valence-electron chi connectivity index (χ4n) is 2.31. The van der Waals surface area contributed by atoms with E-state index in [0.29, 0.717) is 5.75 Å². The van der Waals surface area contributed by atoms with Crippen LogP contribution in [0.4, 0.5) is 4.79 Å². The van der Waals surface area contributed by atoms with Crippen molar-refractivity contribution in [3.05, 3.63) is 65.7 Å². The second-order valence-electron chi connectivity index (χ2n) is 5.85. The standard InChI is InChI=1S/C19H21NO5/c1-19(17(21)22,12-14-8-10-16(24-2)11-9-14)20-18(23)25-13-15-6-4-3-5-7-15/h3-11H,12-13H2,1-2H3,(H,20,23)(H,21,22)/t19-/m0/s1. The highest BCUT2D eigenvalue weighted by atomic mass is 16.5. The van der Waals surface area contributed by atoms with E-state index in [1.54, 1.807) is 31.4 Å². The van der Waals surface area contributed by atoms with E-state index >= 15 is 0 Å². The lowest BCUT2D eigenvalue weighted by atomic mass is 9.93. The number of nitrogens with one attached hydrogen (secondary N) is 1. The number of alkyl carbamates (subject to hydrolysis) is 1.